The molecular formula is C17H24N2OS. The van der Waals surface area contributed by atoms with Crippen LogP contribution >= 0.6 is 11.3 Å². The molecule has 0 aliphatic heterocycles. The van der Waals surface area contributed by atoms with Gasteiger partial charge >= 0.3 is 0 Å². The number of aromatic nitrogens is 1. The third kappa shape index (κ3) is 4.37. The summed E-state index contributed by atoms with van der Waals surface area (Å²) in [6, 6.07) is 8.38. The predicted octanol–water partition coefficient (Wildman–Crippen LogP) is 4.15. The Morgan fingerprint density at radius 3 is 2.57 bits per heavy atom. The van der Waals surface area contributed by atoms with Gasteiger partial charge in [-0.25, -0.2) is 4.98 Å². The van der Waals surface area contributed by atoms with Crippen LogP contribution in [0.3, 0.4) is 0 Å². The Kier molecular flexibility index (Phi) is 5.14. The largest absolute Gasteiger partial charge is 0.378 e. The fourth-order valence-corrected chi connectivity index (χ4v) is 3.14. The Morgan fingerprint density at radius 1 is 1.24 bits per heavy atom. The topological polar surface area (TPSA) is 34.1 Å². The Balaban J connectivity index is 2.30. The summed E-state index contributed by atoms with van der Waals surface area (Å²) in [4.78, 5) is 6.04. The van der Waals surface area contributed by atoms with Crippen molar-refractivity contribution in [3.05, 3.63) is 40.4 Å². The molecular weight excluding hydrogens is 280 g/mol. The van der Waals surface area contributed by atoms with Crippen LogP contribution in [0.5, 0.6) is 0 Å². The third-order valence-corrected chi connectivity index (χ3v) is 4.34. The zero-order valence-electron chi connectivity index (χ0n) is 13.5. The molecule has 21 heavy (non-hydrogen) atoms. The van der Waals surface area contributed by atoms with E-state index < -0.39 is 0 Å². The first-order valence-electron chi connectivity index (χ1n) is 7.19. The quantitative estimate of drug-likeness (QED) is 0.901. The van der Waals surface area contributed by atoms with E-state index in [-0.39, 0.29) is 5.54 Å². The number of thiazole rings is 1. The average Bonchev–Trinajstić information content (AvgIpc) is 2.80. The molecule has 4 heteroatoms. The molecule has 0 bridgehead atoms. The summed E-state index contributed by atoms with van der Waals surface area (Å²) < 4.78 is 5.30. The van der Waals surface area contributed by atoms with Crippen molar-refractivity contribution in [2.24, 2.45) is 0 Å². The molecule has 0 atom stereocenters. The van der Waals surface area contributed by atoms with Crippen LogP contribution in [0.1, 0.15) is 36.9 Å². The molecule has 3 nitrogen and oxygen atoms in total. The number of aryl methyl sites for hydroxylation is 1. The molecule has 1 heterocycles. The summed E-state index contributed by atoms with van der Waals surface area (Å²) in [7, 11) is 1.72. The summed E-state index contributed by atoms with van der Waals surface area (Å²) in [5, 5.41) is 4.61. The average molecular weight is 304 g/mol. The van der Waals surface area contributed by atoms with Gasteiger partial charge < -0.3 is 10.1 Å². The van der Waals surface area contributed by atoms with Gasteiger partial charge in [-0.1, -0.05) is 24.3 Å². The van der Waals surface area contributed by atoms with Crippen molar-refractivity contribution in [3.8, 4) is 10.6 Å². The van der Waals surface area contributed by atoms with E-state index in [2.05, 4.69) is 57.3 Å². The zero-order chi connectivity index (χ0) is 15.5. The predicted molar refractivity (Wildman–Crippen MR) is 89.6 cm³/mol. The van der Waals surface area contributed by atoms with E-state index in [0.29, 0.717) is 6.61 Å². The van der Waals surface area contributed by atoms with Crippen molar-refractivity contribution in [2.75, 3.05) is 7.11 Å². The maximum absolute atomic E-state index is 5.30. The molecule has 114 valence electrons. The minimum Gasteiger partial charge on any atom is -0.378 e. The van der Waals surface area contributed by atoms with Gasteiger partial charge in [0.2, 0.25) is 0 Å². The van der Waals surface area contributed by atoms with Crippen LogP contribution in [0.2, 0.25) is 0 Å². The lowest BCUT2D eigenvalue weighted by Gasteiger charge is -2.20. The molecule has 2 rings (SSSR count). The first-order valence-corrected chi connectivity index (χ1v) is 8.01. The normalized spacial score (nSPS) is 11.9. The number of hydrogen-bond donors (Lipinski definition) is 1. The zero-order valence-corrected chi connectivity index (χ0v) is 14.3. The third-order valence-electron chi connectivity index (χ3n) is 3.21. The van der Waals surface area contributed by atoms with Gasteiger partial charge in [0.15, 0.2) is 0 Å². The SMILES string of the molecule is COCc1nc(-c2ccccc2C)sc1CNC(C)(C)C. The molecule has 0 spiro atoms. The highest BCUT2D eigenvalue weighted by atomic mass is 32.1. The second-order valence-electron chi connectivity index (χ2n) is 6.24. The molecule has 1 N–H and O–H groups in total. The van der Waals surface area contributed by atoms with Crippen LogP contribution in [-0.4, -0.2) is 17.6 Å². The Bertz CT molecular complexity index is 599. The van der Waals surface area contributed by atoms with Gasteiger partial charge in [-0.3, -0.25) is 0 Å². The second kappa shape index (κ2) is 6.69. The van der Waals surface area contributed by atoms with E-state index in [4.69, 9.17) is 9.72 Å². The molecule has 0 fully saturated rings. The van der Waals surface area contributed by atoms with Crippen molar-refractivity contribution in [1.29, 1.82) is 0 Å². The molecule has 2 aromatic rings. The molecule has 0 aliphatic carbocycles. The van der Waals surface area contributed by atoms with Gasteiger partial charge in [-0.05, 0) is 33.3 Å². The highest BCUT2D eigenvalue weighted by molar-refractivity contribution is 7.15. The minimum absolute atomic E-state index is 0.0944. The minimum atomic E-state index is 0.0944. The van der Waals surface area contributed by atoms with Crippen LogP contribution in [0, 0.1) is 6.92 Å². The summed E-state index contributed by atoms with van der Waals surface area (Å²) >= 11 is 1.75. The molecule has 0 saturated heterocycles. The number of rotatable bonds is 5. The van der Waals surface area contributed by atoms with E-state index in [1.807, 2.05) is 0 Å². The summed E-state index contributed by atoms with van der Waals surface area (Å²) in [5.74, 6) is 0. The molecule has 0 aliphatic rings. The molecule has 0 unspecified atom stereocenters. The number of ether oxygens (including phenoxy) is 1. The van der Waals surface area contributed by atoms with Crippen molar-refractivity contribution < 1.29 is 4.74 Å². The van der Waals surface area contributed by atoms with Crippen molar-refractivity contribution in [3.63, 3.8) is 0 Å². The number of benzene rings is 1. The van der Waals surface area contributed by atoms with Crippen molar-refractivity contribution in [1.82, 2.24) is 10.3 Å². The number of hydrogen-bond acceptors (Lipinski definition) is 4. The molecule has 0 amide bonds. The van der Waals surface area contributed by atoms with Crippen molar-refractivity contribution in [2.45, 2.75) is 46.4 Å². The summed E-state index contributed by atoms with van der Waals surface area (Å²) in [6.07, 6.45) is 0. The fraction of sp³-hybridized carbons (Fsp3) is 0.471. The van der Waals surface area contributed by atoms with E-state index in [9.17, 15) is 0 Å². The van der Waals surface area contributed by atoms with Gasteiger partial charge in [-0.2, -0.15) is 0 Å². The van der Waals surface area contributed by atoms with Gasteiger partial charge in [0.05, 0.1) is 12.3 Å². The van der Waals surface area contributed by atoms with Gasteiger partial charge in [0.25, 0.3) is 0 Å². The Hall–Kier alpha value is -1.23. The van der Waals surface area contributed by atoms with E-state index in [1.54, 1.807) is 18.4 Å². The van der Waals surface area contributed by atoms with Crippen molar-refractivity contribution >= 4 is 11.3 Å². The lowest BCUT2D eigenvalue weighted by Crippen LogP contribution is -2.35. The number of nitrogens with zero attached hydrogens (tertiary/aromatic N) is 1. The molecule has 0 saturated carbocycles. The Labute approximate surface area is 131 Å². The van der Waals surface area contributed by atoms with Gasteiger partial charge in [0.1, 0.15) is 5.01 Å². The summed E-state index contributed by atoms with van der Waals surface area (Å²) in [5.41, 5.74) is 3.60. The first kappa shape index (κ1) is 16.1. The standard InChI is InChI=1S/C17H24N2OS/c1-12-8-6-7-9-13(12)16-19-14(11-20-5)15(21-16)10-18-17(2,3)4/h6-9,18H,10-11H2,1-5H3. The lowest BCUT2D eigenvalue weighted by molar-refractivity contribution is 0.181. The molecule has 1 aromatic carbocycles. The second-order valence-corrected chi connectivity index (χ2v) is 7.32. The highest BCUT2D eigenvalue weighted by Gasteiger charge is 2.16. The van der Waals surface area contributed by atoms with Gasteiger partial charge in [-0.15, -0.1) is 11.3 Å². The van der Waals surface area contributed by atoms with Gasteiger partial charge in [0, 0.05) is 29.6 Å². The first-order chi connectivity index (χ1) is 9.90. The monoisotopic (exact) mass is 304 g/mol. The highest BCUT2D eigenvalue weighted by Crippen LogP contribution is 2.30. The van der Waals surface area contributed by atoms with Crippen LogP contribution in [-0.2, 0) is 17.9 Å². The number of methoxy groups -OCH3 is 1. The van der Waals surface area contributed by atoms with Crippen LogP contribution in [0.4, 0.5) is 0 Å². The molecule has 1 aromatic heterocycles. The van der Waals surface area contributed by atoms with Crippen LogP contribution in [0.25, 0.3) is 10.6 Å². The molecule has 0 radical (unpaired) electrons. The van der Waals surface area contributed by atoms with Crippen LogP contribution in [0.15, 0.2) is 24.3 Å². The van der Waals surface area contributed by atoms with Crippen LogP contribution < -0.4 is 5.32 Å². The van der Waals surface area contributed by atoms with E-state index in [1.165, 1.54) is 16.0 Å². The lowest BCUT2D eigenvalue weighted by atomic mass is 10.1. The van der Waals surface area contributed by atoms with E-state index in [0.717, 1.165) is 17.2 Å². The smallest absolute Gasteiger partial charge is 0.124 e. The summed E-state index contributed by atoms with van der Waals surface area (Å²) in [6.45, 7) is 10.0. The fourth-order valence-electron chi connectivity index (χ4n) is 2.04. The Morgan fingerprint density at radius 2 is 1.95 bits per heavy atom. The number of nitrogens with one attached hydrogen (secondary N) is 1. The van der Waals surface area contributed by atoms with E-state index >= 15 is 0 Å². The maximum Gasteiger partial charge on any atom is 0.124 e. The maximum atomic E-state index is 5.30.